The molecule has 0 atom stereocenters. The van der Waals surface area contributed by atoms with Gasteiger partial charge in [0.1, 0.15) is 12.4 Å². The van der Waals surface area contributed by atoms with Gasteiger partial charge in [0.05, 0.1) is 23.8 Å². The van der Waals surface area contributed by atoms with E-state index in [0.29, 0.717) is 19.6 Å². The zero-order valence-electron chi connectivity index (χ0n) is 19.4. The van der Waals surface area contributed by atoms with Crippen molar-refractivity contribution in [3.63, 3.8) is 0 Å². The van der Waals surface area contributed by atoms with Gasteiger partial charge < -0.3 is 9.57 Å². The maximum Gasteiger partial charge on any atom is 0.296 e. The summed E-state index contributed by atoms with van der Waals surface area (Å²) in [6.45, 7) is 9.29. The van der Waals surface area contributed by atoms with Crippen molar-refractivity contribution in [2.24, 2.45) is 10.6 Å². The second-order valence-corrected chi connectivity index (χ2v) is 10.5. The fourth-order valence-electron chi connectivity index (χ4n) is 3.54. The van der Waals surface area contributed by atoms with Gasteiger partial charge in [0.2, 0.25) is 0 Å². The monoisotopic (exact) mass is 459 g/mol. The van der Waals surface area contributed by atoms with E-state index in [1.807, 2.05) is 26.0 Å². The predicted octanol–water partition coefficient (Wildman–Crippen LogP) is 5.27. The van der Waals surface area contributed by atoms with Crippen molar-refractivity contribution in [2.75, 3.05) is 19.8 Å². The van der Waals surface area contributed by atoms with E-state index in [1.165, 1.54) is 5.56 Å². The summed E-state index contributed by atoms with van der Waals surface area (Å²) in [7, 11) is -3.73. The van der Waals surface area contributed by atoms with Crippen molar-refractivity contribution in [1.29, 1.82) is 0 Å². The Balaban J connectivity index is 1.46. The van der Waals surface area contributed by atoms with E-state index in [1.54, 1.807) is 24.3 Å². The number of ether oxygens (including phenoxy) is 1. The van der Waals surface area contributed by atoms with E-state index in [9.17, 15) is 8.42 Å². The van der Waals surface area contributed by atoms with Gasteiger partial charge in [-0.25, -0.2) is 0 Å². The summed E-state index contributed by atoms with van der Waals surface area (Å²) in [6, 6.07) is 12.8. The number of fused-ring (bicyclic) bond motifs is 1. The molecule has 1 aliphatic rings. The highest BCUT2D eigenvalue weighted by molar-refractivity contribution is 7.86. The first-order valence-corrected chi connectivity index (χ1v) is 12.5. The van der Waals surface area contributed by atoms with Crippen LogP contribution < -0.4 is 4.74 Å². The summed E-state index contributed by atoms with van der Waals surface area (Å²) in [5.74, 6) is 0.843. The van der Waals surface area contributed by atoms with Gasteiger partial charge in [-0.05, 0) is 80.8 Å². The summed E-state index contributed by atoms with van der Waals surface area (Å²) in [5, 5.41) is 4.20. The van der Waals surface area contributed by atoms with Crippen LogP contribution >= 0.6 is 0 Å². The molecule has 0 radical (unpaired) electrons. The normalized spacial score (nSPS) is 15.1. The molecule has 2 aromatic rings. The van der Waals surface area contributed by atoms with Crippen LogP contribution in [0.15, 0.2) is 52.5 Å². The predicted molar refractivity (Wildman–Crippen MR) is 126 cm³/mol. The Morgan fingerprint density at radius 2 is 1.72 bits per heavy atom. The highest BCUT2D eigenvalue weighted by Crippen LogP contribution is 2.29. The van der Waals surface area contributed by atoms with E-state index < -0.39 is 10.1 Å². The second kappa shape index (κ2) is 10.5. The van der Waals surface area contributed by atoms with Crippen LogP contribution in [0.1, 0.15) is 56.7 Å². The molecule has 0 aromatic heterocycles. The Morgan fingerprint density at radius 3 is 2.44 bits per heavy atom. The molecule has 2 aromatic carbocycles. The molecule has 0 bridgehead atoms. The minimum Gasteiger partial charge on any atom is -0.494 e. The van der Waals surface area contributed by atoms with Crippen molar-refractivity contribution in [2.45, 2.75) is 58.3 Å². The van der Waals surface area contributed by atoms with E-state index in [-0.39, 0.29) is 16.9 Å². The molecule has 0 N–H and O–H groups in total. The lowest BCUT2D eigenvalue weighted by molar-refractivity contribution is 0.158. The van der Waals surface area contributed by atoms with Crippen molar-refractivity contribution < 1.29 is 22.2 Å². The van der Waals surface area contributed by atoms with E-state index in [4.69, 9.17) is 13.8 Å². The number of hydrogen-bond donors (Lipinski definition) is 0. The summed E-state index contributed by atoms with van der Waals surface area (Å²) in [5.41, 5.74) is 4.26. The lowest BCUT2D eigenvalue weighted by Crippen LogP contribution is -2.19. The van der Waals surface area contributed by atoms with Gasteiger partial charge in [0.25, 0.3) is 10.1 Å². The molecule has 0 amide bonds. The number of oxime groups is 1. The number of nitrogens with zero attached hydrogens (tertiary/aromatic N) is 1. The molecular formula is C25H33NO5S. The molecule has 0 saturated heterocycles. The average molecular weight is 460 g/mol. The molecule has 32 heavy (non-hydrogen) atoms. The van der Waals surface area contributed by atoms with Crippen molar-refractivity contribution in [3.8, 4) is 5.75 Å². The Bertz CT molecular complexity index is 1040. The largest absolute Gasteiger partial charge is 0.494 e. The van der Waals surface area contributed by atoms with E-state index in [2.05, 4.69) is 25.1 Å². The first kappa shape index (κ1) is 24.3. The molecule has 0 saturated carbocycles. The van der Waals surface area contributed by atoms with Crippen molar-refractivity contribution >= 4 is 15.8 Å². The highest BCUT2D eigenvalue weighted by Gasteiger charge is 2.22. The summed E-state index contributed by atoms with van der Waals surface area (Å²) >= 11 is 0. The number of aryl methyl sites for hydroxylation is 2. The zero-order chi connectivity index (χ0) is 23.2. The molecule has 0 fully saturated rings. The van der Waals surface area contributed by atoms with Gasteiger partial charge in [-0.1, -0.05) is 36.7 Å². The molecule has 1 aliphatic carbocycles. The molecule has 0 unspecified atom stereocenters. The lowest BCUT2D eigenvalue weighted by Gasteiger charge is -2.24. The van der Waals surface area contributed by atoms with Gasteiger partial charge in [-0.3, -0.25) is 4.18 Å². The zero-order valence-corrected chi connectivity index (χ0v) is 20.2. The minimum absolute atomic E-state index is 0.114. The first-order chi connectivity index (χ1) is 15.2. The summed E-state index contributed by atoms with van der Waals surface area (Å²) in [4.78, 5) is 5.39. The van der Waals surface area contributed by atoms with Crippen LogP contribution in [0.2, 0.25) is 0 Å². The third-order valence-corrected chi connectivity index (χ3v) is 7.02. The first-order valence-electron chi connectivity index (χ1n) is 11.1. The molecule has 6 nitrogen and oxygen atoms in total. The Morgan fingerprint density at radius 1 is 1.00 bits per heavy atom. The van der Waals surface area contributed by atoms with Gasteiger partial charge in [0, 0.05) is 5.56 Å². The smallest absolute Gasteiger partial charge is 0.296 e. The number of rotatable bonds is 11. The molecule has 7 heteroatoms. The minimum atomic E-state index is -3.73. The van der Waals surface area contributed by atoms with Crippen LogP contribution in [0, 0.1) is 12.3 Å². The maximum absolute atomic E-state index is 12.3. The molecule has 0 spiro atoms. The summed E-state index contributed by atoms with van der Waals surface area (Å²) in [6.07, 6.45) is 3.23. The topological polar surface area (TPSA) is 74.2 Å². The fourth-order valence-corrected chi connectivity index (χ4v) is 4.45. The van der Waals surface area contributed by atoms with Crippen molar-refractivity contribution in [1.82, 2.24) is 0 Å². The quantitative estimate of drug-likeness (QED) is 0.338. The van der Waals surface area contributed by atoms with Gasteiger partial charge in [-0.15, -0.1) is 0 Å². The Hall–Kier alpha value is -2.38. The SMILES string of the molecule is CCO/N=C1\CCc2cc(OCCC(C)(C)CCOS(=O)(=O)c3ccc(C)cc3)ccc21. The Kier molecular flexibility index (Phi) is 7.96. The van der Waals surface area contributed by atoms with Gasteiger partial charge in [0.15, 0.2) is 0 Å². The highest BCUT2D eigenvalue weighted by atomic mass is 32.2. The van der Waals surface area contributed by atoms with Crippen LogP contribution in [0.3, 0.4) is 0 Å². The van der Waals surface area contributed by atoms with Gasteiger partial charge >= 0.3 is 0 Å². The third kappa shape index (κ3) is 6.56. The van der Waals surface area contributed by atoms with Crippen LogP contribution in [-0.4, -0.2) is 34.0 Å². The fraction of sp³-hybridized carbons (Fsp3) is 0.480. The van der Waals surface area contributed by atoms with Crippen LogP contribution in [0.5, 0.6) is 5.75 Å². The Labute approximate surface area is 191 Å². The molecular weight excluding hydrogens is 426 g/mol. The number of benzene rings is 2. The van der Waals surface area contributed by atoms with Crippen LogP contribution in [-0.2, 0) is 25.6 Å². The van der Waals surface area contributed by atoms with Crippen molar-refractivity contribution in [3.05, 3.63) is 59.2 Å². The lowest BCUT2D eigenvalue weighted by atomic mass is 9.86. The van der Waals surface area contributed by atoms with E-state index >= 15 is 0 Å². The summed E-state index contributed by atoms with van der Waals surface area (Å²) < 4.78 is 35.9. The molecule has 174 valence electrons. The standard InChI is InChI=1S/C25H33NO5S/c1-5-30-26-24-13-8-20-18-21(9-12-23(20)24)29-16-14-25(3,4)15-17-31-32(27,28)22-10-6-19(2)7-11-22/h6-7,9-12,18H,5,8,13-17H2,1-4H3/b26-24+. The third-order valence-electron chi connectivity index (χ3n) is 5.70. The molecule has 3 rings (SSSR count). The van der Waals surface area contributed by atoms with E-state index in [0.717, 1.165) is 41.9 Å². The molecule has 0 aliphatic heterocycles. The van der Waals surface area contributed by atoms with Gasteiger partial charge in [-0.2, -0.15) is 8.42 Å². The number of hydrogen-bond acceptors (Lipinski definition) is 6. The van der Waals surface area contributed by atoms with Crippen LogP contribution in [0.25, 0.3) is 0 Å². The van der Waals surface area contributed by atoms with Crippen LogP contribution in [0.4, 0.5) is 0 Å². The second-order valence-electron chi connectivity index (χ2n) is 8.88. The average Bonchev–Trinajstić information content (AvgIpc) is 3.14. The maximum atomic E-state index is 12.3. The molecule has 0 heterocycles.